The lowest BCUT2D eigenvalue weighted by Crippen LogP contribution is -2.15. The summed E-state index contributed by atoms with van der Waals surface area (Å²) >= 11 is 5.66. The quantitative estimate of drug-likeness (QED) is 0.579. The molecule has 0 atom stereocenters. The number of pyridine rings is 1. The molecule has 0 bridgehead atoms. The lowest BCUT2D eigenvalue weighted by Gasteiger charge is -2.07. The second kappa shape index (κ2) is 8.13. The van der Waals surface area contributed by atoms with E-state index in [2.05, 4.69) is 34.6 Å². The molecule has 0 aliphatic rings. The van der Waals surface area contributed by atoms with Gasteiger partial charge in [-0.15, -0.1) is 11.6 Å². The topological polar surface area (TPSA) is 24.9 Å². The summed E-state index contributed by atoms with van der Waals surface area (Å²) in [5.74, 6) is 0.788. The van der Waals surface area contributed by atoms with Gasteiger partial charge in [0.2, 0.25) is 0 Å². The van der Waals surface area contributed by atoms with E-state index in [4.69, 9.17) is 11.6 Å². The molecule has 0 amide bonds. The van der Waals surface area contributed by atoms with Crippen LogP contribution in [-0.4, -0.2) is 17.4 Å². The molecule has 3 heteroatoms. The number of hydrogen-bond donors (Lipinski definition) is 1. The largest absolute Gasteiger partial charge is 0.313 e. The Morgan fingerprint density at radius 2 is 1.84 bits per heavy atom. The van der Waals surface area contributed by atoms with Crippen molar-refractivity contribution in [2.24, 2.45) is 0 Å². The van der Waals surface area contributed by atoms with E-state index in [1.165, 1.54) is 30.2 Å². The lowest BCUT2D eigenvalue weighted by molar-refractivity contribution is 0.600. The summed E-state index contributed by atoms with van der Waals surface area (Å²) in [4.78, 5) is 4.38. The Kier molecular flexibility index (Phi) is 6.12. The highest BCUT2D eigenvalue weighted by atomic mass is 35.5. The summed E-state index contributed by atoms with van der Waals surface area (Å²) in [5.41, 5.74) is 2.40. The van der Waals surface area contributed by atoms with Crippen LogP contribution in [0, 0.1) is 0 Å². The van der Waals surface area contributed by atoms with Crippen molar-refractivity contribution < 1.29 is 0 Å². The molecule has 0 spiro atoms. The van der Waals surface area contributed by atoms with Gasteiger partial charge in [-0.3, -0.25) is 4.98 Å². The predicted octanol–water partition coefficient (Wildman–Crippen LogP) is 4.12. The highest BCUT2D eigenvalue weighted by Gasteiger charge is 2.00. The molecule has 19 heavy (non-hydrogen) atoms. The molecule has 1 aromatic carbocycles. The number of hydrogen-bond acceptors (Lipinski definition) is 2. The highest BCUT2D eigenvalue weighted by molar-refractivity contribution is 6.17. The monoisotopic (exact) mass is 276 g/mol. The summed E-state index contributed by atoms with van der Waals surface area (Å²) in [5, 5.41) is 4.76. The molecule has 0 radical (unpaired) electrons. The molecule has 102 valence electrons. The van der Waals surface area contributed by atoms with E-state index in [9.17, 15) is 0 Å². The molecule has 2 rings (SSSR count). The van der Waals surface area contributed by atoms with Gasteiger partial charge in [-0.05, 0) is 37.1 Å². The van der Waals surface area contributed by atoms with Gasteiger partial charge >= 0.3 is 0 Å². The van der Waals surface area contributed by atoms with Crippen LogP contribution in [0.25, 0.3) is 10.9 Å². The summed E-state index contributed by atoms with van der Waals surface area (Å²) < 4.78 is 0. The van der Waals surface area contributed by atoms with Crippen molar-refractivity contribution in [3.05, 3.63) is 42.1 Å². The zero-order valence-corrected chi connectivity index (χ0v) is 12.0. The maximum Gasteiger partial charge on any atom is 0.0705 e. The first-order valence-electron chi connectivity index (χ1n) is 7.01. The molecule has 0 saturated carbocycles. The number of para-hydroxylation sites is 1. The van der Waals surface area contributed by atoms with E-state index >= 15 is 0 Å². The van der Waals surface area contributed by atoms with Crippen molar-refractivity contribution in [3.8, 4) is 0 Å². The molecule has 0 saturated heterocycles. The van der Waals surface area contributed by atoms with Crippen LogP contribution in [0.3, 0.4) is 0 Å². The Balaban J connectivity index is 1.78. The zero-order valence-electron chi connectivity index (χ0n) is 11.2. The van der Waals surface area contributed by atoms with Gasteiger partial charge in [0.25, 0.3) is 0 Å². The number of unbranched alkanes of at least 4 members (excludes halogenated alkanes) is 3. The molecule has 2 aromatic rings. The third-order valence-corrected chi connectivity index (χ3v) is 3.56. The Labute approximate surface area is 120 Å². The van der Waals surface area contributed by atoms with Crippen LogP contribution < -0.4 is 5.32 Å². The molecular weight excluding hydrogens is 256 g/mol. The molecule has 0 unspecified atom stereocenters. The Bertz CT molecular complexity index is 494. The lowest BCUT2D eigenvalue weighted by atomic mass is 10.1. The number of halogens is 1. The van der Waals surface area contributed by atoms with Gasteiger partial charge in [0, 0.05) is 24.0 Å². The van der Waals surface area contributed by atoms with E-state index in [1.807, 2.05) is 12.3 Å². The number of benzene rings is 1. The molecule has 0 aliphatic heterocycles. The van der Waals surface area contributed by atoms with Gasteiger partial charge in [-0.25, -0.2) is 0 Å². The predicted molar refractivity (Wildman–Crippen MR) is 82.6 cm³/mol. The van der Waals surface area contributed by atoms with Crippen molar-refractivity contribution in [2.75, 3.05) is 12.4 Å². The van der Waals surface area contributed by atoms with Crippen molar-refractivity contribution in [1.82, 2.24) is 10.3 Å². The van der Waals surface area contributed by atoms with Crippen molar-refractivity contribution in [3.63, 3.8) is 0 Å². The fourth-order valence-corrected chi connectivity index (χ4v) is 2.42. The van der Waals surface area contributed by atoms with Crippen LogP contribution in [-0.2, 0) is 6.54 Å². The van der Waals surface area contributed by atoms with Crippen molar-refractivity contribution in [1.29, 1.82) is 0 Å². The Morgan fingerprint density at radius 3 is 2.74 bits per heavy atom. The van der Waals surface area contributed by atoms with Crippen LogP contribution >= 0.6 is 11.6 Å². The van der Waals surface area contributed by atoms with Crippen LogP contribution in [0.5, 0.6) is 0 Å². The number of aromatic nitrogens is 1. The first-order valence-corrected chi connectivity index (χ1v) is 7.54. The number of nitrogens with zero attached hydrogens (tertiary/aromatic N) is 1. The SMILES string of the molecule is ClCCCCCCNCc1ccnc2ccccc12. The minimum Gasteiger partial charge on any atom is -0.313 e. The van der Waals surface area contributed by atoms with Crippen LogP contribution in [0.15, 0.2) is 36.5 Å². The second-order valence-corrected chi connectivity index (χ2v) is 5.15. The first-order chi connectivity index (χ1) is 9.42. The fourth-order valence-electron chi connectivity index (χ4n) is 2.23. The number of fused-ring (bicyclic) bond motifs is 1. The molecule has 1 aromatic heterocycles. The molecule has 0 aliphatic carbocycles. The molecule has 1 heterocycles. The highest BCUT2D eigenvalue weighted by Crippen LogP contribution is 2.15. The number of nitrogens with one attached hydrogen (secondary N) is 1. The Hall–Kier alpha value is -1.12. The van der Waals surface area contributed by atoms with Crippen LogP contribution in [0.4, 0.5) is 0 Å². The van der Waals surface area contributed by atoms with Gasteiger partial charge in [0.05, 0.1) is 5.52 Å². The first kappa shape index (κ1) is 14.3. The molecular formula is C16H21ClN2. The minimum atomic E-state index is 0.788. The van der Waals surface area contributed by atoms with Crippen molar-refractivity contribution in [2.45, 2.75) is 32.2 Å². The minimum absolute atomic E-state index is 0.788. The summed E-state index contributed by atoms with van der Waals surface area (Å²) in [7, 11) is 0. The normalized spacial score (nSPS) is 11.0. The van der Waals surface area contributed by atoms with Crippen molar-refractivity contribution >= 4 is 22.5 Å². The van der Waals surface area contributed by atoms with Gasteiger partial charge in [-0.2, -0.15) is 0 Å². The van der Waals surface area contributed by atoms with Gasteiger partial charge in [0.1, 0.15) is 0 Å². The molecule has 1 N–H and O–H groups in total. The van der Waals surface area contributed by atoms with Crippen LogP contribution in [0.1, 0.15) is 31.2 Å². The van der Waals surface area contributed by atoms with E-state index < -0.39 is 0 Å². The average Bonchev–Trinajstić information content (AvgIpc) is 2.46. The van der Waals surface area contributed by atoms with E-state index in [-0.39, 0.29) is 0 Å². The standard InChI is InChI=1S/C16H21ClN2/c17-10-5-1-2-6-11-18-13-14-9-12-19-16-8-4-3-7-15(14)16/h3-4,7-9,12,18H,1-2,5-6,10-11,13H2. The van der Waals surface area contributed by atoms with E-state index in [0.717, 1.165) is 30.9 Å². The summed E-state index contributed by atoms with van der Waals surface area (Å²) in [6.45, 7) is 1.98. The van der Waals surface area contributed by atoms with Gasteiger partial charge in [0.15, 0.2) is 0 Å². The summed E-state index contributed by atoms with van der Waals surface area (Å²) in [6, 6.07) is 10.4. The number of alkyl halides is 1. The van der Waals surface area contributed by atoms with Gasteiger partial charge in [-0.1, -0.05) is 31.0 Å². The Morgan fingerprint density at radius 1 is 1.00 bits per heavy atom. The number of rotatable bonds is 8. The average molecular weight is 277 g/mol. The fraction of sp³-hybridized carbons (Fsp3) is 0.438. The smallest absolute Gasteiger partial charge is 0.0705 e. The third-order valence-electron chi connectivity index (χ3n) is 3.29. The zero-order chi connectivity index (χ0) is 13.3. The maximum absolute atomic E-state index is 5.66. The second-order valence-electron chi connectivity index (χ2n) is 4.77. The molecule has 0 fully saturated rings. The third kappa shape index (κ3) is 4.48. The van der Waals surface area contributed by atoms with E-state index in [1.54, 1.807) is 0 Å². The van der Waals surface area contributed by atoms with Gasteiger partial charge < -0.3 is 5.32 Å². The van der Waals surface area contributed by atoms with E-state index in [0.29, 0.717) is 0 Å². The summed E-state index contributed by atoms with van der Waals surface area (Å²) in [6.07, 6.45) is 6.75. The molecule has 2 nitrogen and oxygen atoms in total. The van der Waals surface area contributed by atoms with Crippen LogP contribution in [0.2, 0.25) is 0 Å². The maximum atomic E-state index is 5.66.